The van der Waals surface area contributed by atoms with Crippen molar-refractivity contribution in [2.45, 2.75) is 25.4 Å². The predicted octanol–water partition coefficient (Wildman–Crippen LogP) is 3.24. The second kappa shape index (κ2) is 7.73. The van der Waals surface area contributed by atoms with Gasteiger partial charge in [0.05, 0.1) is 22.8 Å². The lowest BCUT2D eigenvalue weighted by Crippen LogP contribution is -2.49. The first kappa shape index (κ1) is 20.2. The zero-order valence-corrected chi connectivity index (χ0v) is 18.3. The van der Waals surface area contributed by atoms with Crippen molar-refractivity contribution in [1.82, 2.24) is 4.90 Å². The molecule has 160 valence electrons. The third-order valence-corrected chi connectivity index (χ3v) is 7.49. The minimum Gasteiger partial charge on any atom is -0.385 e. The number of Topliss-reactive ketones (excluding diaryl/α,β-unsaturated/α-hetero) is 1. The number of ketones is 1. The second-order valence-corrected chi connectivity index (χ2v) is 9.22. The lowest BCUT2D eigenvalue weighted by molar-refractivity contribution is -0.140. The highest BCUT2D eigenvalue weighted by Crippen LogP contribution is 2.50. The lowest BCUT2D eigenvalue weighted by Gasteiger charge is -2.37. The molecular weight excluding hydrogens is 412 g/mol. The zero-order valence-electron chi connectivity index (χ0n) is 17.5. The van der Waals surface area contributed by atoms with Gasteiger partial charge in [-0.05, 0) is 36.4 Å². The molecule has 1 aromatic carbocycles. The molecule has 0 bridgehead atoms. The zero-order chi connectivity index (χ0) is 21.7. The van der Waals surface area contributed by atoms with Crippen molar-refractivity contribution in [3.8, 4) is 0 Å². The molecule has 2 amide bonds. The molecule has 1 aromatic heterocycles. The van der Waals surface area contributed by atoms with E-state index in [0.717, 1.165) is 16.8 Å². The number of amides is 2. The number of likely N-dealkylation sites (tertiary alicyclic amines) is 1. The summed E-state index contributed by atoms with van der Waals surface area (Å²) in [5.74, 6) is -1.72. The monoisotopic (exact) mass is 436 g/mol. The van der Waals surface area contributed by atoms with E-state index in [2.05, 4.69) is 6.08 Å². The Hall–Kier alpha value is -2.77. The van der Waals surface area contributed by atoms with Crippen molar-refractivity contribution in [2.24, 2.45) is 11.8 Å². The molecule has 4 atom stereocenters. The van der Waals surface area contributed by atoms with Gasteiger partial charge in [0.2, 0.25) is 11.8 Å². The molecule has 31 heavy (non-hydrogen) atoms. The summed E-state index contributed by atoms with van der Waals surface area (Å²) in [5, 5.41) is 1.87. The number of fused-ring (bicyclic) bond motifs is 5. The number of rotatable bonds is 6. The molecule has 0 unspecified atom stereocenters. The molecule has 2 aromatic rings. The number of nitrogens with zero attached hydrogens (tertiary/aromatic N) is 2. The smallest absolute Gasteiger partial charge is 0.235 e. The van der Waals surface area contributed by atoms with Crippen LogP contribution < -0.4 is 4.90 Å². The molecule has 3 aliphatic rings. The number of carbonyl (C=O) groups is 3. The Kier molecular flexibility index (Phi) is 5.02. The van der Waals surface area contributed by atoms with Gasteiger partial charge in [-0.25, -0.2) is 0 Å². The van der Waals surface area contributed by atoms with E-state index in [0.29, 0.717) is 24.4 Å². The summed E-state index contributed by atoms with van der Waals surface area (Å²) in [5.41, 5.74) is 3.03. The minimum absolute atomic E-state index is 0.0878. The second-order valence-electron chi connectivity index (χ2n) is 8.28. The largest absolute Gasteiger partial charge is 0.385 e. The molecule has 5 rings (SSSR count). The number of allylic oxidation sites excluding steroid dienone is 1. The van der Waals surface area contributed by atoms with Crippen molar-refractivity contribution in [3.05, 3.63) is 58.3 Å². The van der Waals surface area contributed by atoms with Gasteiger partial charge < -0.3 is 9.64 Å². The van der Waals surface area contributed by atoms with Crippen LogP contribution in [0.4, 0.5) is 5.69 Å². The Morgan fingerprint density at radius 1 is 1.10 bits per heavy atom. The van der Waals surface area contributed by atoms with Crippen LogP contribution in [0.5, 0.6) is 0 Å². The van der Waals surface area contributed by atoms with E-state index >= 15 is 0 Å². The van der Waals surface area contributed by atoms with Crippen LogP contribution in [-0.2, 0) is 14.3 Å². The standard InChI is InChI=1S/C24H24N2O4S/c1-14-13-17-19-20(24(29)25(23(19)28)10-6-11-30-2)21(22(27)18-9-5-12-31-18)26(17)16-8-4-3-7-15(14)16/h3-5,7-9,12-13,17,19-21H,6,10-11H2,1-2H3/t17-,19+,20-,21+/m0/s1. The van der Waals surface area contributed by atoms with Gasteiger partial charge in [-0.2, -0.15) is 0 Å². The number of anilines is 1. The van der Waals surface area contributed by atoms with E-state index in [9.17, 15) is 14.4 Å². The van der Waals surface area contributed by atoms with Crippen molar-refractivity contribution >= 4 is 40.2 Å². The van der Waals surface area contributed by atoms with Crippen LogP contribution in [0.2, 0.25) is 0 Å². The fraction of sp³-hybridized carbons (Fsp3) is 0.375. The fourth-order valence-corrected chi connectivity index (χ4v) is 6.01. The van der Waals surface area contributed by atoms with Crippen LogP contribution >= 0.6 is 11.3 Å². The quantitative estimate of drug-likeness (QED) is 0.395. The topological polar surface area (TPSA) is 66.9 Å². The number of thiophene rings is 1. The van der Waals surface area contributed by atoms with Gasteiger partial charge in [0, 0.05) is 31.5 Å². The van der Waals surface area contributed by atoms with Crippen molar-refractivity contribution in [2.75, 3.05) is 25.2 Å². The van der Waals surface area contributed by atoms with Gasteiger partial charge in [0.1, 0.15) is 6.04 Å². The van der Waals surface area contributed by atoms with Gasteiger partial charge in [0.25, 0.3) is 0 Å². The Balaban J connectivity index is 1.61. The summed E-state index contributed by atoms with van der Waals surface area (Å²) in [6.45, 7) is 2.83. The van der Waals surface area contributed by atoms with Crippen LogP contribution in [0.25, 0.3) is 5.57 Å². The van der Waals surface area contributed by atoms with Gasteiger partial charge in [0.15, 0.2) is 5.78 Å². The van der Waals surface area contributed by atoms with Gasteiger partial charge in [-0.15, -0.1) is 11.3 Å². The molecule has 2 saturated heterocycles. The van der Waals surface area contributed by atoms with Gasteiger partial charge in [-0.1, -0.05) is 30.3 Å². The third kappa shape index (κ3) is 2.98. The lowest BCUT2D eigenvalue weighted by atomic mass is 9.86. The molecule has 0 saturated carbocycles. The predicted molar refractivity (Wildman–Crippen MR) is 119 cm³/mol. The number of imide groups is 1. The average molecular weight is 437 g/mol. The number of hydrogen-bond acceptors (Lipinski definition) is 6. The summed E-state index contributed by atoms with van der Waals surface area (Å²) >= 11 is 1.37. The van der Waals surface area contributed by atoms with Gasteiger partial charge in [-0.3, -0.25) is 19.3 Å². The normalized spacial score (nSPS) is 26.6. The minimum atomic E-state index is -0.692. The Bertz CT molecular complexity index is 1080. The summed E-state index contributed by atoms with van der Waals surface area (Å²) in [7, 11) is 1.60. The van der Waals surface area contributed by atoms with E-state index in [1.807, 2.05) is 47.5 Å². The molecule has 0 radical (unpaired) electrons. The molecular formula is C24H24N2O4S. The molecule has 4 heterocycles. The van der Waals surface area contributed by atoms with Crippen LogP contribution in [0.3, 0.4) is 0 Å². The highest BCUT2D eigenvalue weighted by molar-refractivity contribution is 7.12. The Labute approximate surface area is 185 Å². The first-order valence-electron chi connectivity index (χ1n) is 10.5. The van der Waals surface area contributed by atoms with Crippen molar-refractivity contribution < 1.29 is 19.1 Å². The molecule has 0 spiro atoms. The first-order chi connectivity index (χ1) is 15.0. The molecule has 0 N–H and O–H groups in total. The number of methoxy groups -OCH3 is 1. The molecule has 6 nitrogen and oxygen atoms in total. The fourth-order valence-electron chi connectivity index (χ4n) is 5.31. The highest BCUT2D eigenvalue weighted by Gasteiger charge is 2.64. The van der Waals surface area contributed by atoms with Crippen LogP contribution in [0, 0.1) is 11.8 Å². The molecule has 2 fully saturated rings. The van der Waals surface area contributed by atoms with E-state index in [-0.39, 0.29) is 23.6 Å². The summed E-state index contributed by atoms with van der Waals surface area (Å²) < 4.78 is 5.09. The highest BCUT2D eigenvalue weighted by atomic mass is 32.1. The van der Waals surface area contributed by atoms with Crippen LogP contribution in [-0.4, -0.2) is 54.8 Å². The van der Waals surface area contributed by atoms with Crippen LogP contribution in [0.15, 0.2) is 47.9 Å². The molecule has 0 aliphatic carbocycles. The Morgan fingerprint density at radius 2 is 1.87 bits per heavy atom. The van der Waals surface area contributed by atoms with E-state index in [1.54, 1.807) is 13.2 Å². The van der Waals surface area contributed by atoms with E-state index in [1.165, 1.54) is 16.2 Å². The summed E-state index contributed by atoms with van der Waals surface area (Å²) in [6, 6.07) is 10.6. The molecule has 3 aliphatic heterocycles. The number of para-hydroxylation sites is 1. The SMILES string of the molecule is COCCCN1C(=O)[C@H]2[C@H](C1=O)[C@H](C(=O)c1cccs1)N1c3ccccc3C(C)=C[C@@H]21. The number of benzene rings is 1. The molecule has 7 heteroatoms. The number of hydrogen-bond donors (Lipinski definition) is 0. The maximum Gasteiger partial charge on any atom is 0.235 e. The van der Waals surface area contributed by atoms with Crippen molar-refractivity contribution in [1.29, 1.82) is 0 Å². The average Bonchev–Trinajstić information content (AvgIpc) is 3.47. The Morgan fingerprint density at radius 3 is 2.61 bits per heavy atom. The third-order valence-electron chi connectivity index (χ3n) is 6.61. The number of carbonyl (C=O) groups excluding carboxylic acids is 3. The van der Waals surface area contributed by atoms with Crippen molar-refractivity contribution in [3.63, 3.8) is 0 Å². The summed E-state index contributed by atoms with van der Waals surface area (Å²) in [4.78, 5) is 44.6. The van der Waals surface area contributed by atoms with E-state index in [4.69, 9.17) is 4.74 Å². The van der Waals surface area contributed by atoms with Gasteiger partial charge >= 0.3 is 0 Å². The first-order valence-corrected chi connectivity index (χ1v) is 11.4. The maximum atomic E-state index is 13.7. The number of ether oxygens (including phenoxy) is 1. The maximum absolute atomic E-state index is 13.7. The van der Waals surface area contributed by atoms with Crippen LogP contribution in [0.1, 0.15) is 28.6 Å². The summed E-state index contributed by atoms with van der Waals surface area (Å²) in [6.07, 6.45) is 2.65. The van der Waals surface area contributed by atoms with E-state index < -0.39 is 17.9 Å².